The molecule has 0 aliphatic rings. The summed E-state index contributed by atoms with van der Waals surface area (Å²) in [7, 11) is 0. The van der Waals surface area contributed by atoms with Crippen molar-refractivity contribution in [1.29, 1.82) is 0 Å². The van der Waals surface area contributed by atoms with Crippen LogP contribution in [0.2, 0.25) is 0 Å². The first-order chi connectivity index (χ1) is 0. The van der Waals surface area contributed by atoms with Crippen LogP contribution in [0.5, 0.6) is 0 Å². The van der Waals surface area contributed by atoms with E-state index < -0.39 is 0 Å². The minimum atomic E-state index is 0. The maximum atomic E-state index is 0. The number of hydrogen-bond acceptors (Lipinski definition) is 0. The van der Waals surface area contributed by atoms with Gasteiger partial charge in [-0.2, -0.15) is 0 Å². The molecule has 0 amide bonds. The Morgan fingerprint density at radius 3 is 0.500 bits per heavy atom. The van der Waals surface area contributed by atoms with E-state index >= 15 is 0 Å². The minimum absolute atomic E-state index is 0. The van der Waals surface area contributed by atoms with Crippen molar-refractivity contribution in [1.82, 2.24) is 0 Å². The van der Waals surface area contributed by atoms with E-state index in [-0.39, 0.29) is 58.7 Å². The summed E-state index contributed by atoms with van der Waals surface area (Å²) in [5.41, 5.74) is 0. The summed E-state index contributed by atoms with van der Waals surface area (Å²) in [5.74, 6) is 0. The van der Waals surface area contributed by atoms with E-state index in [0.717, 1.165) is 0 Å². The molecule has 30 valence electrons. The molecule has 0 N–H and O–H groups in total. The van der Waals surface area contributed by atoms with Crippen molar-refractivity contribution in [3.8, 4) is 0 Å². The Hall–Kier alpha value is 1.58. The molecule has 0 aliphatic carbocycles. The third-order valence-electron chi connectivity index (χ3n) is 0. The van der Waals surface area contributed by atoms with Gasteiger partial charge in [0, 0.05) is 58.7 Å². The van der Waals surface area contributed by atoms with Crippen LogP contribution in [-0.4, -0.2) is 8.41 Å². The van der Waals surface area contributed by atoms with Crippen molar-refractivity contribution in [2.45, 2.75) is 0 Å². The fourth-order valence-electron chi connectivity index (χ4n) is 0. The molecular weight excluding hydrogens is 188 g/mol. The Bertz CT molecular complexity index is 3.25. The molecule has 0 unspecified atom stereocenters. The van der Waals surface area contributed by atoms with Crippen molar-refractivity contribution in [3.05, 3.63) is 0 Å². The molecule has 0 nitrogen and oxygen atoms in total. The van der Waals surface area contributed by atoms with E-state index in [1.807, 2.05) is 0 Å². The van der Waals surface area contributed by atoms with Crippen LogP contribution in [0, 0.1) is 0 Å². The second-order valence-electron chi connectivity index (χ2n) is 0. The van der Waals surface area contributed by atoms with Crippen LogP contribution < -0.4 is 0 Å². The van der Waals surface area contributed by atoms with Crippen LogP contribution in [0.4, 0.5) is 0 Å². The average molecular weight is 188 g/mol. The SMILES string of the molecule is [B].[Co].[Co].[Co]. The van der Waals surface area contributed by atoms with Crippen molar-refractivity contribution in [3.63, 3.8) is 0 Å². The maximum absolute atomic E-state index is 0. The van der Waals surface area contributed by atoms with Crippen LogP contribution in [0.15, 0.2) is 0 Å². The normalized spacial score (nSPS) is 0. The van der Waals surface area contributed by atoms with Gasteiger partial charge in [-0.3, -0.25) is 0 Å². The largest absolute Gasteiger partial charge is 0 e. The molecule has 6 radical (unpaired) electrons. The summed E-state index contributed by atoms with van der Waals surface area (Å²) in [6.45, 7) is 0. The van der Waals surface area contributed by atoms with Crippen molar-refractivity contribution < 1.29 is 50.3 Å². The monoisotopic (exact) mass is 188 g/mol. The van der Waals surface area contributed by atoms with Crippen LogP contribution in [0.25, 0.3) is 0 Å². The maximum Gasteiger partial charge on any atom is 0 e. The molecule has 0 rings (SSSR count). The molecule has 0 aromatic heterocycles. The first-order valence-electron chi connectivity index (χ1n) is 0. The molecular formula is BCo3. The van der Waals surface area contributed by atoms with Crippen molar-refractivity contribution >= 4 is 8.41 Å². The summed E-state index contributed by atoms with van der Waals surface area (Å²) in [4.78, 5) is 0. The van der Waals surface area contributed by atoms with Gasteiger partial charge in [0.1, 0.15) is 0 Å². The van der Waals surface area contributed by atoms with Crippen LogP contribution >= 0.6 is 0 Å². The Balaban J connectivity index is 0. The Morgan fingerprint density at radius 2 is 0.500 bits per heavy atom. The van der Waals surface area contributed by atoms with E-state index in [1.165, 1.54) is 0 Å². The summed E-state index contributed by atoms with van der Waals surface area (Å²) < 4.78 is 0. The van der Waals surface area contributed by atoms with Crippen LogP contribution in [-0.2, 0) is 50.3 Å². The molecule has 0 aromatic carbocycles. The van der Waals surface area contributed by atoms with E-state index in [4.69, 9.17) is 0 Å². The zero-order chi connectivity index (χ0) is 0. The van der Waals surface area contributed by atoms with Gasteiger partial charge in [0.05, 0.1) is 0 Å². The van der Waals surface area contributed by atoms with Gasteiger partial charge >= 0.3 is 0 Å². The minimum Gasteiger partial charge on any atom is 0 e. The second kappa shape index (κ2) is 23.5. The topological polar surface area (TPSA) is 0 Å². The first-order valence-corrected chi connectivity index (χ1v) is 0. The quantitative estimate of drug-likeness (QED) is 0.454. The van der Waals surface area contributed by atoms with Crippen LogP contribution in [0.3, 0.4) is 0 Å². The predicted molar refractivity (Wildman–Crippen MR) is 5.75 cm³/mol. The van der Waals surface area contributed by atoms with Gasteiger partial charge in [0.2, 0.25) is 0 Å². The van der Waals surface area contributed by atoms with Crippen molar-refractivity contribution in [2.75, 3.05) is 0 Å². The summed E-state index contributed by atoms with van der Waals surface area (Å²) in [6.07, 6.45) is 0. The van der Waals surface area contributed by atoms with Gasteiger partial charge in [-0.1, -0.05) is 0 Å². The number of rotatable bonds is 0. The molecule has 0 saturated carbocycles. The molecule has 0 fully saturated rings. The fraction of sp³-hybridized carbons (Fsp3) is 0. The number of hydrogen-bond donors (Lipinski definition) is 0. The molecule has 0 saturated heterocycles. The smallest absolute Gasteiger partial charge is 0 e. The summed E-state index contributed by atoms with van der Waals surface area (Å²) in [6, 6.07) is 0. The molecule has 0 aliphatic heterocycles. The molecule has 4 heavy (non-hydrogen) atoms. The Kier molecular flexibility index (Phi) is 274. The third kappa shape index (κ3) is 9.54. The van der Waals surface area contributed by atoms with E-state index in [2.05, 4.69) is 0 Å². The molecule has 0 bridgehead atoms. The predicted octanol–water partition coefficient (Wildman–Crippen LogP) is -0.388. The Morgan fingerprint density at radius 1 is 0.500 bits per heavy atom. The van der Waals surface area contributed by atoms with E-state index in [0.29, 0.717) is 0 Å². The van der Waals surface area contributed by atoms with Gasteiger partial charge < -0.3 is 0 Å². The fourth-order valence-corrected chi connectivity index (χ4v) is 0. The van der Waals surface area contributed by atoms with E-state index in [9.17, 15) is 0 Å². The van der Waals surface area contributed by atoms with Gasteiger partial charge in [-0.05, 0) is 0 Å². The zero-order valence-electron chi connectivity index (χ0n) is 1.58. The van der Waals surface area contributed by atoms with Crippen molar-refractivity contribution in [2.24, 2.45) is 0 Å². The first kappa shape index (κ1) is 46.8. The molecule has 0 atom stereocenters. The van der Waals surface area contributed by atoms with Gasteiger partial charge in [-0.25, -0.2) is 0 Å². The Labute approximate surface area is 58.7 Å². The van der Waals surface area contributed by atoms with Gasteiger partial charge in [-0.15, -0.1) is 0 Å². The van der Waals surface area contributed by atoms with E-state index in [1.54, 1.807) is 0 Å². The average Bonchev–Trinajstić information content (AvgIpc) is 0. The third-order valence-corrected chi connectivity index (χ3v) is 0. The zero-order valence-corrected chi connectivity index (χ0v) is 4.70. The second-order valence-corrected chi connectivity index (χ2v) is 0. The molecule has 4 heteroatoms. The summed E-state index contributed by atoms with van der Waals surface area (Å²) in [5, 5.41) is 0. The van der Waals surface area contributed by atoms with Gasteiger partial charge in [0.15, 0.2) is 0 Å². The molecule has 0 spiro atoms. The molecule has 0 aromatic rings. The summed E-state index contributed by atoms with van der Waals surface area (Å²) >= 11 is 0. The van der Waals surface area contributed by atoms with Crippen LogP contribution in [0.1, 0.15) is 0 Å². The van der Waals surface area contributed by atoms with Gasteiger partial charge in [0.25, 0.3) is 0 Å². The molecule has 0 heterocycles. The standard InChI is InChI=1S/B.3Co.